The van der Waals surface area contributed by atoms with Crippen molar-refractivity contribution in [3.05, 3.63) is 78.4 Å². The standard InChI is InChI=1S/C20H17N5O/c26-20(17-13-23-25-19(17)15-7-10-21-11-8-15)22-12-9-16-6-5-14-3-1-2-4-18(14)24-16/h1-8,10-11,13H,9,12H2,(H,22,26)(H,23,25). The van der Waals surface area contributed by atoms with Crippen molar-refractivity contribution in [2.24, 2.45) is 0 Å². The molecule has 6 nitrogen and oxygen atoms in total. The lowest BCUT2D eigenvalue weighted by Gasteiger charge is -2.06. The van der Waals surface area contributed by atoms with Crippen LogP contribution in [0.25, 0.3) is 22.2 Å². The van der Waals surface area contributed by atoms with E-state index in [4.69, 9.17) is 0 Å². The van der Waals surface area contributed by atoms with E-state index < -0.39 is 0 Å². The van der Waals surface area contributed by atoms with Crippen molar-refractivity contribution in [1.82, 2.24) is 25.5 Å². The van der Waals surface area contributed by atoms with Crippen LogP contribution in [0.15, 0.2) is 67.1 Å². The Bertz CT molecular complexity index is 1040. The molecule has 0 saturated carbocycles. The molecular formula is C20H17N5O. The van der Waals surface area contributed by atoms with E-state index in [1.807, 2.05) is 42.5 Å². The van der Waals surface area contributed by atoms with Crippen LogP contribution in [-0.2, 0) is 6.42 Å². The lowest BCUT2D eigenvalue weighted by atomic mass is 10.1. The molecule has 26 heavy (non-hydrogen) atoms. The van der Waals surface area contributed by atoms with Gasteiger partial charge in [0.25, 0.3) is 5.91 Å². The topological polar surface area (TPSA) is 83.6 Å². The molecule has 6 heteroatoms. The summed E-state index contributed by atoms with van der Waals surface area (Å²) in [6.07, 6.45) is 5.57. The van der Waals surface area contributed by atoms with Crippen molar-refractivity contribution in [3.63, 3.8) is 0 Å². The van der Waals surface area contributed by atoms with E-state index >= 15 is 0 Å². The number of rotatable bonds is 5. The summed E-state index contributed by atoms with van der Waals surface area (Å²) in [5.74, 6) is -0.161. The molecule has 3 heterocycles. The lowest BCUT2D eigenvalue weighted by molar-refractivity contribution is 0.0955. The number of H-pyrrole nitrogens is 1. The Morgan fingerprint density at radius 3 is 2.77 bits per heavy atom. The zero-order valence-electron chi connectivity index (χ0n) is 14.0. The van der Waals surface area contributed by atoms with E-state index in [-0.39, 0.29) is 5.91 Å². The van der Waals surface area contributed by atoms with Gasteiger partial charge in [0.05, 0.1) is 23.0 Å². The molecule has 4 rings (SSSR count). The molecule has 0 radical (unpaired) electrons. The molecule has 0 aliphatic carbocycles. The predicted octanol–water partition coefficient (Wildman–Crippen LogP) is 2.99. The SMILES string of the molecule is O=C(NCCc1ccc2ccccc2n1)c1cn[nH]c1-c1ccncc1. The highest BCUT2D eigenvalue weighted by Crippen LogP contribution is 2.19. The number of amides is 1. The van der Waals surface area contributed by atoms with Crippen LogP contribution in [0.5, 0.6) is 0 Å². The molecule has 128 valence electrons. The molecule has 3 aromatic heterocycles. The number of fused-ring (bicyclic) bond motifs is 1. The highest BCUT2D eigenvalue weighted by atomic mass is 16.1. The van der Waals surface area contributed by atoms with Crippen LogP contribution < -0.4 is 5.32 Å². The molecule has 2 N–H and O–H groups in total. The third-order valence-corrected chi connectivity index (χ3v) is 4.18. The summed E-state index contributed by atoms with van der Waals surface area (Å²) < 4.78 is 0. The van der Waals surface area contributed by atoms with Crippen LogP contribution in [-0.4, -0.2) is 32.6 Å². The van der Waals surface area contributed by atoms with Crippen LogP contribution in [0.3, 0.4) is 0 Å². The molecule has 0 bridgehead atoms. The van der Waals surface area contributed by atoms with Gasteiger partial charge in [-0.3, -0.25) is 19.9 Å². The molecule has 0 atom stereocenters. The first-order chi connectivity index (χ1) is 12.8. The first-order valence-corrected chi connectivity index (χ1v) is 8.38. The highest BCUT2D eigenvalue weighted by Gasteiger charge is 2.14. The fourth-order valence-electron chi connectivity index (χ4n) is 2.84. The maximum Gasteiger partial charge on any atom is 0.255 e. The number of aromatic amines is 1. The Morgan fingerprint density at radius 1 is 1.04 bits per heavy atom. The van der Waals surface area contributed by atoms with E-state index in [1.54, 1.807) is 18.6 Å². The minimum atomic E-state index is -0.161. The second-order valence-electron chi connectivity index (χ2n) is 5.90. The molecule has 0 spiro atoms. The molecule has 1 amide bonds. The van der Waals surface area contributed by atoms with Crippen molar-refractivity contribution in [2.75, 3.05) is 6.54 Å². The second-order valence-corrected chi connectivity index (χ2v) is 5.90. The second kappa shape index (κ2) is 7.14. The van der Waals surface area contributed by atoms with Crippen molar-refractivity contribution in [1.29, 1.82) is 0 Å². The van der Waals surface area contributed by atoms with Crippen LogP contribution in [0.1, 0.15) is 16.1 Å². The number of carbonyl (C=O) groups is 1. The summed E-state index contributed by atoms with van der Waals surface area (Å²) in [4.78, 5) is 21.1. The van der Waals surface area contributed by atoms with E-state index in [9.17, 15) is 4.79 Å². The minimum absolute atomic E-state index is 0.161. The summed E-state index contributed by atoms with van der Waals surface area (Å²) in [7, 11) is 0. The number of para-hydroxylation sites is 1. The summed E-state index contributed by atoms with van der Waals surface area (Å²) in [6, 6.07) is 15.7. The molecular weight excluding hydrogens is 326 g/mol. The van der Waals surface area contributed by atoms with Crippen LogP contribution in [0.2, 0.25) is 0 Å². The van der Waals surface area contributed by atoms with Gasteiger partial charge < -0.3 is 5.32 Å². The van der Waals surface area contributed by atoms with E-state index in [0.717, 1.165) is 22.2 Å². The van der Waals surface area contributed by atoms with Crippen molar-refractivity contribution in [2.45, 2.75) is 6.42 Å². The quantitative estimate of drug-likeness (QED) is 0.583. The van der Waals surface area contributed by atoms with Gasteiger partial charge in [0.2, 0.25) is 0 Å². The molecule has 0 unspecified atom stereocenters. The zero-order chi connectivity index (χ0) is 17.8. The fraction of sp³-hybridized carbons (Fsp3) is 0.100. The van der Waals surface area contributed by atoms with Gasteiger partial charge in [0.15, 0.2) is 0 Å². The summed E-state index contributed by atoms with van der Waals surface area (Å²) in [5, 5.41) is 10.9. The third kappa shape index (κ3) is 3.30. The van der Waals surface area contributed by atoms with Gasteiger partial charge in [-0.2, -0.15) is 5.10 Å². The molecule has 0 fully saturated rings. The number of pyridine rings is 2. The van der Waals surface area contributed by atoms with Gasteiger partial charge in [-0.15, -0.1) is 0 Å². The minimum Gasteiger partial charge on any atom is -0.352 e. The van der Waals surface area contributed by atoms with Crippen LogP contribution in [0.4, 0.5) is 0 Å². The third-order valence-electron chi connectivity index (χ3n) is 4.18. The maximum atomic E-state index is 12.5. The Hall–Kier alpha value is -3.54. The number of nitrogens with one attached hydrogen (secondary N) is 2. The number of carbonyl (C=O) groups excluding carboxylic acids is 1. The molecule has 0 aliphatic heterocycles. The number of nitrogens with zero attached hydrogens (tertiary/aromatic N) is 3. The summed E-state index contributed by atoms with van der Waals surface area (Å²) >= 11 is 0. The largest absolute Gasteiger partial charge is 0.352 e. The van der Waals surface area contributed by atoms with Gasteiger partial charge in [0, 0.05) is 42.0 Å². The van der Waals surface area contributed by atoms with Crippen molar-refractivity contribution < 1.29 is 4.79 Å². The van der Waals surface area contributed by atoms with Gasteiger partial charge in [0.1, 0.15) is 0 Å². The first kappa shape index (κ1) is 16.0. The Morgan fingerprint density at radius 2 is 1.88 bits per heavy atom. The molecule has 0 saturated heterocycles. The van der Waals surface area contributed by atoms with Gasteiger partial charge in [-0.1, -0.05) is 24.3 Å². The van der Waals surface area contributed by atoms with Crippen LogP contribution >= 0.6 is 0 Å². The van der Waals surface area contributed by atoms with E-state index in [0.29, 0.717) is 24.2 Å². The van der Waals surface area contributed by atoms with Crippen molar-refractivity contribution in [3.8, 4) is 11.3 Å². The monoisotopic (exact) mass is 343 g/mol. The zero-order valence-corrected chi connectivity index (χ0v) is 14.0. The first-order valence-electron chi connectivity index (χ1n) is 8.38. The number of benzene rings is 1. The highest BCUT2D eigenvalue weighted by molar-refractivity contribution is 5.99. The summed E-state index contributed by atoms with van der Waals surface area (Å²) in [6.45, 7) is 0.505. The molecule has 0 aliphatic rings. The molecule has 4 aromatic rings. The Labute approximate surface area is 150 Å². The lowest BCUT2D eigenvalue weighted by Crippen LogP contribution is -2.26. The summed E-state index contributed by atoms with van der Waals surface area (Å²) in [5.41, 5.74) is 3.99. The Kier molecular flexibility index (Phi) is 4.38. The van der Waals surface area contributed by atoms with E-state index in [2.05, 4.69) is 31.5 Å². The average Bonchev–Trinajstić information content (AvgIpc) is 3.18. The van der Waals surface area contributed by atoms with Crippen LogP contribution in [0, 0.1) is 0 Å². The van der Waals surface area contributed by atoms with Gasteiger partial charge in [-0.25, -0.2) is 0 Å². The number of hydrogen-bond acceptors (Lipinski definition) is 4. The maximum absolute atomic E-state index is 12.5. The average molecular weight is 343 g/mol. The van der Waals surface area contributed by atoms with Crippen molar-refractivity contribution >= 4 is 16.8 Å². The fourth-order valence-corrected chi connectivity index (χ4v) is 2.84. The van der Waals surface area contributed by atoms with Gasteiger partial charge in [-0.05, 0) is 24.3 Å². The molecule has 1 aromatic carbocycles. The number of hydrogen-bond donors (Lipinski definition) is 2. The van der Waals surface area contributed by atoms with E-state index in [1.165, 1.54) is 0 Å². The predicted molar refractivity (Wildman–Crippen MR) is 99.6 cm³/mol. The normalized spacial score (nSPS) is 10.8. The van der Waals surface area contributed by atoms with Gasteiger partial charge >= 0.3 is 0 Å². The Balaban J connectivity index is 1.42. The number of aromatic nitrogens is 4. The smallest absolute Gasteiger partial charge is 0.255 e.